The lowest BCUT2D eigenvalue weighted by Crippen LogP contribution is -2.42. The summed E-state index contributed by atoms with van der Waals surface area (Å²) in [6, 6.07) is 13.2. The van der Waals surface area contributed by atoms with E-state index in [9.17, 15) is 18.0 Å². The van der Waals surface area contributed by atoms with Crippen LogP contribution in [0.1, 0.15) is 21.8 Å². The number of nitrogens with zero attached hydrogens (tertiary/aromatic N) is 1. The quantitative estimate of drug-likeness (QED) is 0.411. The number of carbonyl (C=O) groups excluding carboxylic acids is 2. The van der Waals surface area contributed by atoms with Crippen molar-refractivity contribution >= 4 is 44.6 Å². The average molecular weight is 519 g/mol. The second kappa shape index (κ2) is 11.6. The number of ether oxygens (including phenoxy) is 1. The van der Waals surface area contributed by atoms with E-state index in [1.807, 2.05) is 42.0 Å². The standard InChI is InChI=1S/C24H26N2O5S3/c1-31-21-10-9-17(13-22(21)34(3,29)30)24(28)26-18(11-12-32-2)20(27)14-23-25-19(15-33-23)16-7-5-4-6-8-16/h4-10,13,15,18H,11-12,14H2,1-3H3,(H,26,28). The Morgan fingerprint density at radius 2 is 1.91 bits per heavy atom. The molecule has 1 aromatic heterocycles. The number of hydrogen-bond acceptors (Lipinski definition) is 8. The molecule has 0 aliphatic carbocycles. The van der Waals surface area contributed by atoms with Crippen LogP contribution in [0.5, 0.6) is 5.75 Å². The van der Waals surface area contributed by atoms with Gasteiger partial charge >= 0.3 is 0 Å². The summed E-state index contributed by atoms with van der Waals surface area (Å²) in [5, 5.41) is 5.37. The molecule has 0 aliphatic heterocycles. The van der Waals surface area contributed by atoms with Gasteiger partial charge in [0.25, 0.3) is 5.91 Å². The third kappa shape index (κ3) is 6.68. The maximum atomic E-state index is 13.1. The third-order valence-corrected chi connectivity index (χ3v) is 7.69. The second-order valence-electron chi connectivity index (χ2n) is 7.58. The molecular formula is C24H26N2O5S3. The Bertz CT molecular complexity index is 1260. The van der Waals surface area contributed by atoms with Gasteiger partial charge in [0.05, 0.1) is 25.3 Å². The highest BCUT2D eigenvalue weighted by Gasteiger charge is 2.24. The maximum Gasteiger partial charge on any atom is 0.251 e. The van der Waals surface area contributed by atoms with Crippen LogP contribution in [-0.2, 0) is 21.1 Å². The molecule has 0 saturated carbocycles. The Morgan fingerprint density at radius 1 is 1.18 bits per heavy atom. The van der Waals surface area contributed by atoms with E-state index in [4.69, 9.17) is 4.74 Å². The van der Waals surface area contributed by atoms with E-state index >= 15 is 0 Å². The summed E-state index contributed by atoms with van der Waals surface area (Å²) in [5.41, 5.74) is 1.93. The number of thioether (sulfide) groups is 1. The zero-order chi connectivity index (χ0) is 24.7. The SMILES string of the molecule is COc1ccc(C(=O)NC(CCSC)C(=O)Cc2nc(-c3ccccc3)cs2)cc1S(C)(=O)=O. The molecule has 34 heavy (non-hydrogen) atoms. The van der Waals surface area contributed by atoms with Gasteiger partial charge in [0.15, 0.2) is 15.6 Å². The van der Waals surface area contributed by atoms with E-state index in [0.717, 1.165) is 17.5 Å². The van der Waals surface area contributed by atoms with Crippen molar-refractivity contribution in [1.29, 1.82) is 0 Å². The maximum absolute atomic E-state index is 13.1. The summed E-state index contributed by atoms with van der Waals surface area (Å²) in [6.07, 6.45) is 3.54. The number of benzene rings is 2. The van der Waals surface area contributed by atoms with Gasteiger partial charge in [-0.1, -0.05) is 30.3 Å². The number of sulfone groups is 1. The van der Waals surface area contributed by atoms with Gasteiger partial charge in [-0.3, -0.25) is 9.59 Å². The molecule has 1 atom stereocenters. The predicted octanol–water partition coefficient (Wildman–Crippen LogP) is 3.89. The number of carbonyl (C=O) groups is 2. The zero-order valence-corrected chi connectivity index (χ0v) is 21.6. The van der Waals surface area contributed by atoms with E-state index < -0.39 is 21.8 Å². The molecule has 7 nitrogen and oxygen atoms in total. The molecule has 1 unspecified atom stereocenters. The van der Waals surface area contributed by atoms with Gasteiger partial charge in [-0.05, 0) is 36.6 Å². The summed E-state index contributed by atoms with van der Waals surface area (Å²) in [6.45, 7) is 0. The number of ketones is 1. The lowest BCUT2D eigenvalue weighted by molar-refractivity contribution is -0.120. The molecule has 0 saturated heterocycles. The van der Waals surface area contributed by atoms with Crippen LogP contribution in [0, 0.1) is 0 Å². The molecule has 0 aliphatic rings. The molecule has 1 N–H and O–H groups in total. The largest absolute Gasteiger partial charge is 0.495 e. The highest BCUT2D eigenvalue weighted by molar-refractivity contribution is 7.98. The van der Waals surface area contributed by atoms with Crippen LogP contribution < -0.4 is 10.1 Å². The number of thiazole rings is 1. The first-order chi connectivity index (χ1) is 16.2. The van der Waals surface area contributed by atoms with E-state index in [2.05, 4.69) is 10.3 Å². The normalized spacial score (nSPS) is 12.2. The second-order valence-corrected chi connectivity index (χ2v) is 11.5. The van der Waals surface area contributed by atoms with Gasteiger partial charge < -0.3 is 10.1 Å². The number of aromatic nitrogens is 1. The smallest absolute Gasteiger partial charge is 0.251 e. The van der Waals surface area contributed by atoms with E-state index in [-0.39, 0.29) is 28.4 Å². The minimum atomic E-state index is -3.60. The van der Waals surface area contributed by atoms with Crippen molar-refractivity contribution in [3.05, 3.63) is 64.5 Å². The van der Waals surface area contributed by atoms with Crippen molar-refractivity contribution in [1.82, 2.24) is 10.3 Å². The van der Waals surface area contributed by atoms with Crippen molar-refractivity contribution in [2.75, 3.05) is 25.4 Å². The highest BCUT2D eigenvalue weighted by Crippen LogP contribution is 2.25. The van der Waals surface area contributed by atoms with Gasteiger partial charge in [0, 0.05) is 22.8 Å². The van der Waals surface area contributed by atoms with Gasteiger partial charge in [-0.15, -0.1) is 11.3 Å². The van der Waals surface area contributed by atoms with Crippen molar-refractivity contribution in [3.8, 4) is 17.0 Å². The number of amides is 1. The first kappa shape index (κ1) is 25.9. The molecule has 10 heteroatoms. The molecule has 1 amide bonds. The predicted molar refractivity (Wildman–Crippen MR) is 137 cm³/mol. The van der Waals surface area contributed by atoms with Crippen molar-refractivity contribution in [2.24, 2.45) is 0 Å². The summed E-state index contributed by atoms with van der Waals surface area (Å²) in [7, 11) is -2.24. The van der Waals surface area contributed by atoms with Crippen molar-refractivity contribution in [2.45, 2.75) is 23.8 Å². The number of nitrogens with one attached hydrogen (secondary N) is 1. The van der Waals surface area contributed by atoms with Crippen molar-refractivity contribution < 1.29 is 22.7 Å². The van der Waals surface area contributed by atoms with Gasteiger partial charge in [0.1, 0.15) is 15.7 Å². The fraction of sp³-hybridized carbons (Fsp3) is 0.292. The van der Waals surface area contributed by atoms with Crippen LogP contribution in [0.15, 0.2) is 58.8 Å². The molecule has 0 bridgehead atoms. The van der Waals surface area contributed by atoms with Crippen LogP contribution in [0.2, 0.25) is 0 Å². The van der Waals surface area contributed by atoms with E-state index in [1.165, 1.54) is 36.6 Å². The fourth-order valence-electron chi connectivity index (χ4n) is 3.30. The number of methoxy groups -OCH3 is 1. The van der Waals surface area contributed by atoms with E-state index in [0.29, 0.717) is 17.2 Å². The summed E-state index contributed by atoms with van der Waals surface area (Å²) in [5.74, 6) is 0.178. The first-order valence-corrected chi connectivity index (χ1v) is 14.6. The highest BCUT2D eigenvalue weighted by atomic mass is 32.2. The molecular weight excluding hydrogens is 492 g/mol. The minimum absolute atomic E-state index is 0.0779. The molecule has 180 valence electrons. The Kier molecular flexibility index (Phi) is 8.87. The fourth-order valence-corrected chi connectivity index (χ4v) is 5.45. The molecule has 3 aromatic rings. The van der Waals surface area contributed by atoms with Crippen LogP contribution in [0.25, 0.3) is 11.3 Å². The van der Waals surface area contributed by atoms with Crippen molar-refractivity contribution in [3.63, 3.8) is 0 Å². The molecule has 1 heterocycles. The Hall–Kier alpha value is -2.69. The molecule has 3 rings (SSSR count). The number of rotatable bonds is 11. The first-order valence-electron chi connectivity index (χ1n) is 10.4. The molecule has 0 radical (unpaired) electrons. The lowest BCUT2D eigenvalue weighted by atomic mass is 10.1. The van der Waals surface area contributed by atoms with Crippen LogP contribution in [0.3, 0.4) is 0 Å². The Labute approximate surface area is 207 Å². The third-order valence-electron chi connectivity index (χ3n) is 5.08. The van der Waals surface area contributed by atoms with E-state index in [1.54, 1.807) is 11.8 Å². The molecule has 2 aromatic carbocycles. The molecule has 0 fully saturated rings. The molecule has 0 spiro atoms. The lowest BCUT2D eigenvalue weighted by Gasteiger charge is -2.17. The minimum Gasteiger partial charge on any atom is -0.495 e. The summed E-state index contributed by atoms with van der Waals surface area (Å²) < 4.78 is 29.3. The van der Waals surface area contributed by atoms with Crippen LogP contribution in [-0.4, -0.2) is 56.5 Å². The monoisotopic (exact) mass is 518 g/mol. The number of Topliss-reactive ketones (excluding diaryl/α,β-unsaturated/α-hetero) is 1. The average Bonchev–Trinajstić information content (AvgIpc) is 3.29. The topological polar surface area (TPSA) is 102 Å². The zero-order valence-electron chi connectivity index (χ0n) is 19.1. The summed E-state index contributed by atoms with van der Waals surface area (Å²) in [4.78, 5) is 30.5. The van der Waals surface area contributed by atoms with Gasteiger partial charge in [-0.25, -0.2) is 13.4 Å². The van der Waals surface area contributed by atoms with Gasteiger partial charge in [0.2, 0.25) is 0 Å². The Morgan fingerprint density at radius 3 is 2.56 bits per heavy atom. The Balaban J connectivity index is 1.76. The van der Waals surface area contributed by atoms with Crippen LogP contribution in [0.4, 0.5) is 0 Å². The van der Waals surface area contributed by atoms with Crippen LogP contribution >= 0.6 is 23.1 Å². The number of hydrogen-bond donors (Lipinski definition) is 1. The summed E-state index contributed by atoms with van der Waals surface area (Å²) >= 11 is 2.98. The van der Waals surface area contributed by atoms with Gasteiger partial charge in [-0.2, -0.15) is 11.8 Å².